The smallest absolute Gasteiger partial charge is 0.316 e. The summed E-state index contributed by atoms with van der Waals surface area (Å²) in [5, 5.41) is 2.34. The van der Waals surface area contributed by atoms with Crippen molar-refractivity contribution in [1.29, 1.82) is 0 Å². The van der Waals surface area contributed by atoms with E-state index in [9.17, 15) is 9.59 Å². The minimum atomic E-state index is -0.545. The molecule has 14 heavy (non-hydrogen) atoms. The van der Waals surface area contributed by atoms with E-state index in [4.69, 9.17) is 11.5 Å². The third kappa shape index (κ3) is 12.9. The van der Waals surface area contributed by atoms with Crippen molar-refractivity contribution in [3.63, 3.8) is 0 Å². The molecule has 0 radical (unpaired) electrons. The van der Waals surface area contributed by atoms with E-state index in [0.29, 0.717) is 11.3 Å². The lowest BCUT2D eigenvalue weighted by Gasteiger charge is -1.98. The number of hydrogen-bond donors (Lipinski definition) is 3. The Labute approximate surface area is 83.8 Å². The number of hydrogen-bond acceptors (Lipinski definition) is 2. The second-order valence-electron chi connectivity index (χ2n) is 2.59. The molecule has 5 nitrogen and oxygen atoms in total. The summed E-state index contributed by atoms with van der Waals surface area (Å²) in [4.78, 5) is 19.8. The van der Waals surface area contributed by atoms with Crippen LogP contribution in [0.15, 0.2) is 24.4 Å². The number of urea groups is 1. The van der Waals surface area contributed by atoms with Gasteiger partial charge in [-0.15, -0.1) is 0 Å². The Bertz CT molecular complexity index is 234. The standard InChI is InChI=1S/C5H10N2O.C4H7NO/c1-3-4(2)7-5(6)8;1-3(2)4(5)6/h2-3H2,1H3,(H3,6,7,8);1H2,2H3,(H2,5,6). The Hall–Kier alpha value is -1.78. The van der Waals surface area contributed by atoms with Crippen LogP contribution in [0.3, 0.4) is 0 Å². The highest BCUT2D eigenvalue weighted by molar-refractivity contribution is 5.90. The van der Waals surface area contributed by atoms with Crippen LogP contribution >= 0.6 is 0 Å². The molecule has 0 atom stereocenters. The highest BCUT2D eigenvalue weighted by Crippen LogP contribution is 1.87. The number of carbonyl (C=O) groups is 2. The molecule has 0 aromatic heterocycles. The van der Waals surface area contributed by atoms with Gasteiger partial charge in [-0.05, 0) is 13.3 Å². The number of nitrogens with one attached hydrogen (secondary N) is 1. The van der Waals surface area contributed by atoms with Crippen LogP contribution < -0.4 is 16.8 Å². The van der Waals surface area contributed by atoms with Crippen LogP contribution in [-0.4, -0.2) is 11.9 Å². The maximum atomic E-state index is 10.0. The Balaban J connectivity index is 0. The summed E-state index contributed by atoms with van der Waals surface area (Å²) in [7, 11) is 0. The molecule has 0 aliphatic heterocycles. The fraction of sp³-hybridized carbons (Fsp3) is 0.333. The van der Waals surface area contributed by atoms with E-state index >= 15 is 0 Å². The maximum absolute atomic E-state index is 10.0. The van der Waals surface area contributed by atoms with Gasteiger partial charge < -0.3 is 16.8 Å². The van der Waals surface area contributed by atoms with E-state index in [0.717, 1.165) is 6.42 Å². The predicted molar refractivity (Wildman–Crippen MR) is 56.2 cm³/mol. The summed E-state index contributed by atoms with van der Waals surface area (Å²) in [6, 6.07) is -0.545. The van der Waals surface area contributed by atoms with Crippen molar-refractivity contribution in [3.05, 3.63) is 24.4 Å². The Morgan fingerprint density at radius 3 is 1.71 bits per heavy atom. The molecular weight excluding hydrogens is 182 g/mol. The van der Waals surface area contributed by atoms with Gasteiger partial charge in [0.25, 0.3) is 0 Å². The van der Waals surface area contributed by atoms with Gasteiger partial charge >= 0.3 is 6.03 Å². The van der Waals surface area contributed by atoms with E-state index in [2.05, 4.69) is 18.5 Å². The summed E-state index contributed by atoms with van der Waals surface area (Å²) in [6.45, 7) is 10.2. The highest BCUT2D eigenvalue weighted by atomic mass is 16.2. The normalized spacial score (nSPS) is 7.86. The molecule has 0 fully saturated rings. The number of rotatable bonds is 3. The second-order valence-corrected chi connectivity index (χ2v) is 2.59. The van der Waals surface area contributed by atoms with Crippen molar-refractivity contribution < 1.29 is 9.59 Å². The van der Waals surface area contributed by atoms with Crippen LogP contribution in [0.5, 0.6) is 0 Å². The van der Waals surface area contributed by atoms with Crippen LogP contribution in [0.4, 0.5) is 4.79 Å². The summed E-state index contributed by atoms with van der Waals surface area (Å²) >= 11 is 0. The van der Waals surface area contributed by atoms with Gasteiger partial charge in [0, 0.05) is 11.3 Å². The van der Waals surface area contributed by atoms with Crippen LogP contribution in [0.1, 0.15) is 20.3 Å². The fourth-order valence-electron chi connectivity index (χ4n) is 0.263. The lowest BCUT2D eigenvalue weighted by Crippen LogP contribution is -2.27. The van der Waals surface area contributed by atoms with Gasteiger partial charge in [0.1, 0.15) is 0 Å². The topological polar surface area (TPSA) is 98.2 Å². The van der Waals surface area contributed by atoms with Crippen molar-refractivity contribution in [2.24, 2.45) is 11.5 Å². The van der Waals surface area contributed by atoms with Crippen LogP contribution in [0.25, 0.3) is 0 Å². The first kappa shape index (κ1) is 14.7. The molecule has 0 aromatic carbocycles. The van der Waals surface area contributed by atoms with E-state index in [-0.39, 0.29) is 0 Å². The molecule has 0 rings (SSSR count). The molecule has 5 heteroatoms. The molecule has 0 spiro atoms. The summed E-state index contributed by atoms with van der Waals surface area (Å²) in [6.07, 6.45) is 0.725. The zero-order chi connectivity index (χ0) is 11.7. The number of nitrogens with two attached hydrogens (primary N) is 2. The van der Waals surface area contributed by atoms with Crippen LogP contribution in [0, 0.1) is 0 Å². The number of amides is 3. The fourth-order valence-corrected chi connectivity index (χ4v) is 0.263. The molecular formula is C9H17N3O2. The molecule has 0 saturated heterocycles. The number of carbonyl (C=O) groups excluding carboxylic acids is 2. The van der Waals surface area contributed by atoms with Gasteiger partial charge in [0.15, 0.2) is 0 Å². The Morgan fingerprint density at radius 2 is 1.64 bits per heavy atom. The van der Waals surface area contributed by atoms with Gasteiger partial charge in [0.05, 0.1) is 0 Å². The third-order valence-corrected chi connectivity index (χ3v) is 1.15. The molecule has 0 aliphatic rings. The molecule has 0 aliphatic carbocycles. The summed E-state index contributed by atoms with van der Waals surface area (Å²) in [5.74, 6) is -0.435. The van der Waals surface area contributed by atoms with Crippen molar-refractivity contribution in [2.45, 2.75) is 20.3 Å². The van der Waals surface area contributed by atoms with Gasteiger partial charge in [-0.1, -0.05) is 20.1 Å². The molecule has 0 aromatic rings. The van der Waals surface area contributed by atoms with Crippen molar-refractivity contribution >= 4 is 11.9 Å². The molecule has 0 bridgehead atoms. The molecule has 3 amide bonds. The van der Waals surface area contributed by atoms with Gasteiger partial charge in [-0.2, -0.15) is 0 Å². The Kier molecular flexibility index (Phi) is 8.26. The number of allylic oxidation sites excluding steroid dienone is 1. The third-order valence-electron chi connectivity index (χ3n) is 1.15. The molecule has 0 saturated carbocycles. The monoisotopic (exact) mass is 199 g/mol. The number of primary amides is 2. The molecule has 0 heterocycles. The Morgan fingerprint density at radius 1 is 1.29 bits per heavy atom. The van der Waals surface area contributed by atoms with Crippen LogP contribution in [-0.2, 0) is 4.79 Å². The first-order valence-corrected chi connectivity index (χ1v) is 4.00. The van der Waals surface area contributed by atoms with Crippen molar-refractivity contribution in [2.75, 3.05) is 0 Å². The summed E-state index contributed by atoms with van der Waals surface area (Å²) < 4.78 is 0. The zero-order valence-electron chi connectivity index (χ0n) is 8.59. The minimum absolute atomic E-state index is 0.398. The van der Waals surface area contributed by atoms with E-state index in [1.165, 1.54) is 0 Å². The average Bonchev–Trinajstić information content (AvgIpc) is 2.04. The van der Waals surface area contributed by atoms with Gasteiger partial charge in [-0.3, -0.25) is 4.79 Å². The van der Waals surface area contributed by atoms with E-state index < -0.39 is 11.9 Å². The first-order chi connectivity index (χ1) is 6.31. The van der Waals surface area contributed by atoms with Gasteiger partial charge in [-0.25, -0.2) is 4.79 Å². The van der Waals surface area contributed by atoms with Crippen molar-refractivity contribution in [3.8, 4) is 0 Å². The highest BCUT2D eigenvalue weighted by Gasteiger charge is 1.90. The first-order valence-electron chi connectivity index (χ1n) is 4.00. The lowest BCUT2D eigenvalue weighted by atomic mass is 10.3. The lowest BCUT2D eigenvalue weighted by molar-refractivity contribution is -0.114. The van der Waals surface area contributed by atoms with E-state index in [1.807, 2.05) is 6.92 Å². The SMILES string of the molecule is C=C(C)C(N)=O.C=C(CC)NC(N)=O. The molecule has 5 N–H and O–H groups in total. The predicted octanol–water partition coefficient (Wildman–Crippen LogP) is 0.626. The summed E-state index contributed by atoms with van der Waals surface area (Å²) in [5.41, 5.74) is 10.5. The largest absolute Gasteiger partial charge is 0.366 e. The van der Waals surface area contributed by atoms with Crippen LogP contribution in [0.2, 0.25) is 0 Å². The zero-order valence-corrected chi connectivity index (χ0v) is 8.59. The van der Waals surface area contributed by atoms with E-state index in [1.54, 1.807) is 6.92 Å². The van der Waals surface area contributed by atoms with Crippen molar-refractivity contribution in [1.82, 2.24) is 5.32 Å². The molecule has 80 valence electrons. The second kappa shape index (κ2) is 7.85. The average molecular weight is 199 g/mol. The maximum Gasteiger partial charge on any atom is 0.316 e. The quantitative estimate of drug-likeness (QED) is 0.581. The minimum Gasteiger partial charge on any atom is -0.366 e. The van der Waals surface area contributed by atoms with Gasteiger partial charge in [0.2, 0.25) is 5.91 Å². The molecule has 0 unspecified atom stereocenters.